The highest BCUT2D eigenvalue weighted by atomic mass is 16.3. The van der Waals surface area contributed by atoms with Crippen molar-refractivity contribution in [2.24, 2.45) is 5.92 Å². The fraction of sp³-hybridized carbons (Fsp3) is 0.800. The van der Waals surface area contributed by atoms with Gasteiger partial charge in [-0.05, 0) is 25.7 Å². The van der Waals surface area contributed by atoms with Gasteiger partial charge in [0.15, 0.2) is 0 Å². The molecule has 2 N–H and O–H groups in total. The van der Waals surface area contributed by atoms with Crippen molar-refractivity contribution in [3.8, 4) is 0 Å². The zero-order chi connectivity index (χ0) is 15.8. The fourth-order valence-electron chi connectivity index (χ4n) is 2.12. The van der Waals surface area contributed by atoms with Crippen molar-refractivity contribution in [2.45, 2.75) is 72.1 Å². The predicted molar refractivity (Wildman–Crippen MR) is 81.6 cm³/mol. The van der Waals surface area contributed by atoms with Gasteiger partial charge in [-0.25, -0.2) is 4.68 Å². The first-order valence-corrected chi connectivity index (χ1v) is 7.79. The molecule has 0 radical (unpaired) electrons. The van der Waals surface area contributed by atoms with Gasteiger partial charge in [-0.15, -0.1) is 5.10 Å². The second-order valence-corrected chi connectivity index (χ2v) is 6.06. The van der Waals surface area contributed by atoms with Gasteiger partial charge in [0.2, 0.25) is 5.91 Å². The van der Waals surface area contributed by atoms with Crippen molar-refractivity contribution in [1.29, 1.82) is 0 Å². The van der Waals surface area contributed by atoms with Crippen molar-refractivity contribution in [1.82, 2.24) is 20.3 Å². The molecule has 1 aromatic heterocycles. The molecule has 0 saturated heterocycles. The Morgan fingerprint density at radius 2 is 2.10 bits per heavy atom. The van der Waals surface area contributed by atoms with Crippen LogP contribution in [0.4, 0.5) is 0 Å². The van der Waals surface area contributed by atoms with Gasteiger partial charge in [-0.3, -0.25) is 4.79 Å². The molecule has 0 aliphatic heterocycles. The van der Waals surface area contributed by atoms with Crippen LogP contribution in [0.25, 0.3) is 0 Å². The summed E-state index contributed by atoms with van der Waals surface area (Å²) >= 11 is 0. The van der Waals surface area contributed by atoms with Crippen LogP contribution in [0.15, 0.2) is 6.20 Å². The topological polar surface area (TPSA) is 80.0 Å². The largest absolute Gasteiger partial charge is 0.387 e. The van der Waals surface area contributed by atoms with E-state index in [2.05, 4.69) is 29.5 Å². The molecule has 1 amide bonds. The molecular formula is C15H28N4O2. The van der Waals surface area contributed by atoms with E-state index in [1.165, 1.54) is 11.1 Å². The molecule has 0 aliphatic rings. The maximum Gasteiger partial charge on any atom is 0.242 e. The summed E-state index contributed by atoms with van der Waals surface area (Å²) in [6, 6.07) is 0.167. The smallest absolute Gasteiger partial charge is 0.242 e. The highest BCUT2D eigenvalue weighted by Gasteiger charge is 2.12. The number of carbonyl (C=O) groups is 1. The molecule has 1 aromatic rings. The van der Waals surface area contributed by atoms with Crippen LogP contribution < -0.4 is 5.32 Å². The van der Waals surface area contributed by atoms with Crippen LogP contribution in [-0.2, 0) is 11.3 Å². The quantitative estimate of drug-likeness (QED) is 0.731. The Hall–Kier alpha value is -1.43. The number of nitrogens with one attached hydrogen (secondary N) is 1. The summed E-state index contributed by atoms with van der Waals surface area (Å²) in [5.41, 5.74) is 0.510. The van der Waals surface area contributed by atoms with E-state index < -0.39 is 6.10 Å². The fourth-order valence-corrected chi connectivity index (χ4v) is 2.12. The highest BCUT2D eigenvalue weighted by molar-refractivity contribution is 5.75. The first kappa shape index (κ1) is 17.6. The lowest BCUT2D eigenvalue weighted by Gasteiger charge is -2.14. The van der Waals surface area contributed by atoms with Crippen molar-refractivity contribution < 1.29 is 9.90 Å². The molecule has 2 unspecified atom stereocenters. The molecule has 1 rings (SSSR count). The Morgan fingerprint density at radius 3 is 2.71 bits per heavy atom. The number of aliphatic hydroxyl groups is 1. The Balaban J connectivity index is 2.34. The molecule has 0 aromatic carbocycles. The van der Waals surface area contributed by atoms with Crippen LogP contribution >= 0.6 is 0 Å². The number of amides is 1. The molecule has 0 fully saturated rings. The summed E-state index contributed by atoms with van der Waals surface area (Å²) < 4.78 is 1.46. The molecule has 2 atom stereocenters. The third-order valence-corrected chi connectivity index (χ3v) is 3.42. The third-order valence-electron chi connectivity index (χ3n) is 3.42. The van der Waals surface area contributed by atoms with E-state index in [0.29, 0.717) is 18.0 Å². The van der Waals surface area contributed by atoms with Crippen LogP contribution in [0.3, 0.4) is 0 Å². The van der Waals surface area contributed by atoms with Gasteiger partial charge in [0.1, 0.15) is 12.2 Å². The molecule has 0 aliphatic carbocycles. The minimum atomic E-state index is -0.614. The lowest BCUT2D eigenvalue weighted by atomic mass is 10.0. The molecule has 1 heterocycles. The van der Waals surface area contributed by atoms with Crippen LogP contribution in [0, 0.1) is 5.92 Å². The lowest BCUT2D eigenvalue weighted by Crippen LogP contribution is -2.35. The van der Waals surface area contributed by atoms with E-state index in [1.54, 1.807) is 6.20 Å². The summed E-state index contributed by atoms with van der Waals surface area (Å²) in [4.78, 5) is 11.9. The molecule has 0 saturated carbocycles. The van der Waals surface area contributed by atoms with Gasteiger partial charge in [0, 0.05) is 6.04 Å². The molecule has 0 spiro atoms. The number of aromatic nitrogens is 3. The molecule has 0 bridgehead atoms. The normalized spacial score (nSPS) is 14.2. The van der Waals surface area contributed by atoms with Crippen molar-refractivity contribution in [2.75, 3.05) is 0 Å². The average Bonchev–Trinajstić information content (AvgIpc) is 2.85. The second kappa shape index (κ2) is 8.77. The van der Waals surface area contributed by atoms with Crippen LogP contribution in [0.2, 0.25) is 0 Å². The predicted octanol–water partition coefficient (Wildman–Crippen LogP) is 2.05. The number of carbonyl (C=O) groups excluding carboxylic acids is 1. The molecule has 6 nitrogen and oxygen atoms in total. The SMILES string of the molecule is CCC(O)c1cn(CC(=O)NC(C)CCCC(C)C)nn1. The molecule has 120 valence electrons. The van der Waals surface area contributed by atoms with Crippen LogP contribution in [-0.4, -0.2) is 32.0 Å². The van der Waals surface area contributed by atoms with Gasteiger partial charge in [0.05, 0.1) is 12.3 Å². The minimum absolute atomic E-state index is 0.0746. The Bertz CT molecular complexity index is 431. The summed E-state index contributed by atoms with van der Waals surface area (Å²) in [6.07, 6.45) is 4.88. The second-order valence-electron chi connectivity index (χ2n) is 6.06. The lowest BCUT2D eigenvalue weighted by molar-refractivity contribution is -0.122. The van der Waals surface area contributed by atoms with Crippen LogP contribution in [0.5, 0.6) is 0 Å². The van der Waals surface area contributed by atoms with Gasteiger partial charge < -0.3 is 10.4 Å². The first-order valence-electron chi connectivity index (χ1n) is 7.79. The average molecular weight is 296 g/mol. The Morgan fingerprint density at radius 1 is 1.38 bits per heavy atom. The number of aliphatic hydroxyl groups excluding tert-OH is 1. The minimum Gasteiger partial charge on any atom is -0.387 e. The summed E-state index contributed by atoms with van der Waals surface area (Å²) in [5, 5.41) is 20.3. The maximum absolute atomic E-state index is 11.9. The maximum atomic E-state index is 11.9. The number of nitrogens with zero attached hydrogens (tertiary/aromatic N) is 3. The van der Waals surface area contributed by atoms with E-state index in [4.69, 9.17) is 0 Å². The van der Waals surface area contributed by atoms with Gasteiger partial charge >= 0.3 is 0 Å². The summed E-state index contributed by atoms with van der Waals surface area (Å²) in [6.45, 7) is 8.44. The Kier molecular flexibility index (Phi) is 7.36. The van der Waals surface area contributed by atoms with E-state index in [9.17, 15) is 9.90 Å². The van der Waals surface area contributed by atoms with Crippen LogP contribution in [0.1, 0.15) is 65.2 Å². The first-order chi connectivity index (χ1) is 9.92. The number of hydrogen-bond acceptors (Lipinski definition) is 4. The summed E-state index contributed by atoms with van der Waals surface area (Å²) in [5.74, 6) is 0.626. The standard InChI is InChI=1S/C15H28N4O2/c1-5-14(20)13-9-19(18-17-13)10-15(21)16-12(4)8-6-7-11(2)3/h9,11-12,14,20H,5-8,10H2,1-4H3,(H,16,21). The third kappa shape index (κ3) is 6.71. The highest BCUT2D eigenvalue weighted by Crippen LogP contribution is 2.12. The van der Waals surface area contributed by atoms with Gasteiger partial charge in [0.25, 0.3) is 0 Å². The monoisotopic (exact) mass is 296 g/mol. The molecular weight excluding hydrogens is 268 g/mol. The van der Waals surface area contributed by atoms with Crippen molar-refractivity contribution in [3.05, 3.63) is 11.9 Å². The molecule has 6 heteroatoms. The van der Waals surface area contributed by atoms with Gasteiger partial charge in [-0.2, -0.15) is 0 Å². The Labute approximate surface area is 126 Å². The number of rotatable bonds is 9. The summed E-state index contributed by atoms with van der Waals surface area (Å²) in [7, 11) is 0. The van der Waals surface area contributed by atoms with E-state index in [1.807, 2.05) is 13.8 Å². The van der Waals surface area contributed by atoms with Crippen molar-refractivity contribution >= 4 is 5.91 Å². The number of hydrogen-bond donors (Lipinski definition) is 2. The van der Waals surface area contributed by atoms with Gasteiger partial charge in [-0.1, -0.05) is 38.8 Å². The zero-order valence-corrected chi connectivity index (χ0v) is 13.5. The van der Waals surface area contributed by atoms with E-state index >= 15 is 0 Å². The van der Waals surface area contributed by atoms with E-state index in [0.717, 1.165) is 12.8 Å². The molecule has 21 heavy (non-hydrogen) atoms. The van der Waals surface area contributed by atoms with E-state index in [-0.39, 0.29) is 18.5 Å². The zero-order valence-electron chi connectivity index (χ0n) is 13.5. The van der Waals surface area contributed by atoms with Crippen molar-refractivity contribution in [3.63, 3.8) is 0 Å².